The molecular weight excluding hydrogens is 372 g/mol. The Balaban J connectivity index is 1.38. The average molecular weight is 388 g/mol. The number of aromatic nitrogens is 4. The van der Waals surface area contributed by atoms with Crippen LogP contribution in [0.15, 0.2) is 73.1 Å². The first-order chi connectivity index (χ1) is 14.1. The molecule has 29 heavy (non-hydrogen) atoms. The minimum Gasteiger partial charge on any atom is -0.347 e. The van der Waals surface area contributed by atoms with Gasteiger partial charge in [-0.2, -0.15) is 10.2 Å². The number of non-ortho nitro benzene ring substituents is 1. The lowest BCUT2D eigenvalue weighted by Crippen LogP contribution is -2.23. The zero-order chi connectivity index (χ0) is 20.2. The molecule has 2 heterocycles. The first-order valence-corrected chi connectivity index (χ1v) is 8.77. The van der Waals surface area contributed by atoms with E-state index in [2.05, 4.69) is 20.6 Å². The Labute approximate surface area is 165 Å². The van der Waals surface area contributed by atoms with Crippen molar-refractivity contribution in [3.8, 4) is 16.9 Å². The first kappa shape index (κ1) is 18.1. The Morgan fingerprint density at radius 1 is 1.07 bits per heavy atom. The Bertz CT molecular complexity index is 1130. The average Bonchev–Trinajstić information content (AvgIpc) is 3.45. The molecule has 9 nitrogen and oxygen atoms in total. The highest BCUT2D eigenvalue weighted by Crippen LogP contribution is 2.17. The van der Waals surface area contributed by atoms with Crippen molar-refractivity contribution in [2.24, 2.45) is 0 Å². The highest BCUT2D eigenvalue weighted by Gasteiger charge is 2.11. The summed E-state index contributed by atoms with van der Waals surface area (Å²) >= 11 is 0. The number of carbonyl (C=O) groups is 1. The lowest BCUT2D eigenvalue weighted by Gasteiger charge is -2.05. The first-order valence-electron chi connectivity index (χ1n) is 8.77. The van der Waals surface area contributed by atoms with Gasteiger partial charge in [0.15, 0.2) is 5.69 Å². The van der Waals surface area contributed by atoms with Crippen molar-refractivity contribution >= 4 is 11.6 Å². The van der Waals surface area contributed by atoms with E-state index in [0.717, 1.165) is 16.8 Å². The molecule has 9 heteroatoms. The molecule has 0 aliphatic carbocycles. The summed E-state index contributed by atoms with van der Waals surface area (Å²) in [4.78, 5) is 22.6. The molecular formula is C20H16N6O3. The van der Waals surface area contributed by atoms with Crippen LogP contribution in [-0.2, 0) is 6.54 Å². The van der Waals surface area contributed by atoms with Crippen molar-refractivity contribution in [3.63, 3.8) is 0 Å². The molecule has 4 aromatic rings. The van der Waals surface area contributed by atoms with Crippen molar-refractivity contribution in [3.05, 3.63) is 94.4 Å². The standard InChI is InChI=1S/C20H16N6O3/c27-20(21-13-14-1-3-15(4-2-14)18-9-11-22-23-18)19-10-12-25(24-19)16-5-7-17(8-6-16)26(28)29/h1-12H,13H2,(H,21,27)(H,22,23). The monoisotopic (exact) mass is 388 g/mol. The lowest BCUT2D eigenvalue weighted by atomic mass is 10.1. The normalized spacial score (nSPS) is 10.6. The number of nitro benzene ring substituents is 1. The Morgan fingerprint density at radius 2 is 1.83 bits per heavy atom. The Hall–Kier alpha value is -4.27. The summed E-state index contributed by atoms with van der Waals surface area (Å²) in [6.45, 7) is 0.368. The molecule has 1 amide bonds. The molecule has 2 N–H and O–H groups in total. The molecule has 2 aromatic carbocycles. The van der Waals surface area contributed by atoms with Crippen LogP contribution in [0.25, 0.3) is 16.9 Å². The number of hydrogen-bond donors (Lipinski definition) is 2. The number of benzene rings is 2. The Morgan fingerprint density at radius 3 is 2.48 bits per heavy atom. The van der Waals surface area contributed by atoms with E-state index in [4.69, 9.17) is 0 Å². The smallest absolute Gasteiger partial charge is 0.272 e. The van der Waals surface area contributed by atoms with Gasteiger partial charge in [-0.25, -0.2) is 4.68 Å². The van der Waals surface area contributed by atoms with Crippen LogP contribution in [0.1, 0.15) is 16.1 Å². The summed E-state index contributed by atoms with van der Waals surface area (Å²) in [6, 6.07) is 17.2. The van der Waals surface area contributed by atoms with Gasteiger partial charge in [-0.15, -0.1) is 0 Å². The van der Waals surface area contributed by atoms with E-state index in [1.807, 2.05) is 30.3 Å². The SMILES string of the molecule is O=C(NCc1ccc(-c2ccn[nH]2)cc1)c1ccn(-c2ccc([N+](=O)[O-])cc2)n1. The van der Waals surface area contributed by atoms with Gasteiger partial charge in [-0.3, -0.25) is 20.0 Å². The fourth-order valence-corrected chi connectivity index (χ4v) is 2.81. The lowest BCUT2D eigenvalue weighted by molar-refractivity contribution is -0.384. The predicted octanol–water partition coefficient (Wildman–Crippen LogP) is 3.10. The quantitative estimate of drug-likeness (QED) is 0.389. The van der Waals surface area contributed by atoms with Crippen LogP contribution in [0.4, 0.5) is 5.69 Å². The summed E-state index contributed by atoms with van der Waals surface area (Å²) in [7, 11) is 0. The van der Waals surface area contributed by atoms with Gasteiger partial charge >= 0.3 is 0 Å². The molecule has 0 aliphatic heterocycles. The molecule has 0 radical (unpaired) electrons. The van der Waals surface area contributed by atoms with Crippen LogP contribution in [0, 0.1) is 10.1 Å². The largest absolute Gasteiger partial charge is 0.347 e. The van der Waals surface area contributed by atoms with E-state index in [1.165, 1.54) is 16.8 Å². The van der Waals surface area contributed by atoms with E-state index in [0.29, 0.717) is 12.2 Å². The molecule has 0 saturated carbocycles. The topological polar surface area (TPSA) is 119 Å². The molecule has 0 saturated heterocycles. The second kappa shape index (κ2) is 7.77. The van der Waals surface area contributed by atoms with E-state index in [-0.39, 0.29) is 17.3 Å². The van der Waals surface area contributed by atoms with Crippen LogP contribution < -0.4 is 5.32 Å². The molecule has 0 aliphatic rings. The van der Waals surface area contributed by atoms with Gasteiger partial charge in [0.05, 0.1) is 16.3 Å². The van der Waals surface area contributed by atoms with Gasteiger partial charge in [0.1, 0.15) is 0 Å². The van der Waals surface area contributed by atoms with Gasteiger partial charge in [-0.1, -0.05) is 24.3 Å². The molecule has 0 bridgehead atoms. The second-order valence-corrected chi connectivity index (χ2v) is 6.27. The van der Waals surface area contributed by atoms with Gasteiger partial charge in [0.2, 0.25) is 0 Å². The second-order valence-electron chi connectivity index (χ2n) is 6.27. The van der Waals surface area contributed by atoms with Crippen molar-refractivity contribution in [2.75, 3.05) is 0 Å². The number of amides is 1. The summed E-state index contributed by atoms with van der Waals surface area (Å²) in [5.41, 5.74) is 3.78. The summed E-state index contributed by atoms with van der Waals surface area (Å²) < 4.78 is 1.50. The fraction of sp³-hybridized carbons (Fsp3) is 0.0500. The highest BCUT2D eigenvalue weighted by molar-refractivity contribution is 5.92. The van der Waals surface area contributed by atoms with Crippen LogP contribution >= 0.6 is 0 Å². The number of H-pyrrole nitrogens is 1. The van der Waals surface area contributed by atoms with Gasteiger partial charge in [0.25, 0.3) is 11.6 Å². The number of nitrogens with zero attached hydrogens (tertiary/aromatic N) is 4. The molecule has 144 valence electrons. The zero-order valence-corrected chi connectivity index (χ0v) is 15.1. The van der Waals surface area contributed by atoms with E-state index < -0.39 is 4.92 Å². The van der Waals surface area contributed by atoms with Gasteiger partial charge in [-0.05, 0) is 35.4 Å². The van der Waals surface area contributed by atoms with Gasteiger partial charge in [0, 0.05) is 31.1 Å². The van der Waals surface area contributed by atoms with Crippen molar-refractivity contribution in [2.45, 2.75) is 6.54 Å². The molecule has 4 rings (SSSR count). The number of nitrogens with one attached hydrogen (secondary N) is 2. The number of aromatic amines is 1. The molecule has 0 unspecified atom stereocenters. The predicted molar refractivity (Wildman–Crippen MR) is 105 cm³/mol. The molecule has 0 atom stereocenters. The highest BCUT2D eigenvalue weighted by atomic mass is 16.6. The summed E-state index contributed by atoms with van der Waals surface area (Å²) in [5.74, 6) is -0.302. The molecule has 0 spiro atoms. The van der Waals surface area contributed by atoms with Crippen LogP contribution in [0.3, 0.4) is 0 Å². The third-order valence-electron chi connectivity index (χ3n) is 4.37. The summed E-state index contributed by atoms with van der Waals surface area (Å²) in [6.07, 6.45) is 3.33. The fourth-order valence-electron chi connectivity index (χ4n) is 2.81. The van der Waals surface area contributed by atoms with Crippen molar-refractivity contribution < 1.29 is 9.72 Å². The van der Waals surface area contributed by atoms with E-state index in [9.17, 15) is 14.9 Å². The summed E-state index contributed by atoms with van der Waals surface area (Å²) in [5, 5.41) is 24.6. The minimum absolute atomic E-state index is 0.00239. The van der Waals surface area contributed by atoms with E-state index >= 15 is 0 Å². The van der Waals surface area contributed by atoms with Gasteiger partial charge < -0.3 is 5.32 Å². The Kier molecular flexibility index (Phi) is 4.85. The van der Waals surface area contributed by atoms with Crippen molar-refractivity contribution in [1.82, 2.24) is 25.3 Å². The molecule has 0 fully saturated rings. The third kappa shape index (κ3) is 4.03. The third-order valence-corrected chi connectivity index (χ3v) is 4.37. The number of hydrogen-bond acceptors (Lipinski definition) is 5. The maximum atomic E-state index is 12.4. The van der Waals surface area contributed by atoms with Crippen molar-refractivity contribution in [1.29, 1.82) is 0 Å². The molecule has 2 aromatic heterocycles. The van der Waals surface area contributed by atoms with Crippen LogP contribution in [0.2, 0.25) is 0 Å². The van der Waals surface area contributed by atoms with Crippen LogP contribution in [-0.4, -0.2) is 30.8 Å². The maximum Gasteiger partial charge on any atom is 0.272 e. The number of rotatable bonds is 6. The maximum absolute atomic E-state index is 12.4. The minimum atomic E-state index is -0.465. The number of nitro groups is 1. The van der Waals surface area contributed by atoms with E-state index in [1.54, 1.807) is 30.6 Å². The zero-order valence-electron chi connectivity index (χ0n) is 15.1. The van der Waals surface area contributed by atoms with Crippen LogP contribution in [0.5, 0.6) is 0 Å². The number of carbonyl (C=O) groups excluding carboxylic acids is 1.